The molecule has 0 bridgehead atoms. The van der Waals surface area contributed by atoms with Gasteiger partial charge in [0, 0.05) is 6.42 Å². The van der Waals surface area contributed by atoms with Crippen LogP contribution in [0.4, 0.5) is 0 Å². The highest BCUT2D eigenvalue weighted by atomic mass is 16.3. The second-order valence-electron chi connectivity index (χ2n) is 4.72. The van der Waals surface area contributed by atoms with E-state index < -0.39 is 23.5 Å². The van der Waals surface area contributed by atoms with Crippen molar-refractivity contribution >= 4 is 17.7 Å². The molecule has 94 valence electrons. The van der Waals surface area contributed by atoms with Crippen molar-refractivity contribution in [3.05, 3.63) is 0 Å². The first kappa shape index (κ1) is 12.0. The maximum Gasteiger partial charge on any atom is 0.252 e. The molecule has 3 amide bonds. The number of carbonyl (C=O) groups excluding carboxylic acids is 3. The SMILES string of the molecule is O=C1CCC(NC(=O)C2(O)CCCC2)C(=O)N1. The summed E-state index contributed by atoms with van der Waals surface area (Å²) < 4.78 is 0. The van der Waals surface area contributed by atoms with Gasteiger partial charge in [0.1, 0.15) is 11.6 Å². The molecule has 1 aliphatic heterocycles. The lowest BCUT2D eigenvalue weighted by Gasteiger charge is -2.27. The minimum atomic E-state index is -1.33. The topological polar surface area (TPSA) is 95.5 Å². The molecule has 17 heavy (non-hydrogen) atoms. The predicted octanol–water partition coefficient (Wildman–Crippen LogP) is -0.787. The summed E-state index contributed by atoms with van der Waals surface area (Å²) in [6.07, 6.45) is 3.03. The Bertz CT molecular complexity index is 360. The van der Waals surface area contributed by atoms with Crippen molar-refractivity contribution in [2.45, 2.75) is 50.2 Å². The van der Waals surface area contributed by atoms with Gasteiger partial charge < -0.3 is 10.4 Å². The largest absolute Gasteiger partial charge is 0.380 e. The molecule has 0 spiro atoms. The Morgan fingerprint density at radius 3 is 2.59 bits per heavy atom. The minimum absolute atomic E-state index is 0.217. The highest BCUT2D eigenvalue weighted by Gasteiger charge is 2.41. The van der Waals surface area contributed by atoms with E-state index in [1.807, 2.05) is 0 Å². The zero-order valence-corrected chi connectivity index (χ0v) is 9.49. The standard InChI is InChI=1S/C11H16N2O4/c14-8-4-3-7(9(15)13-8)12-10(16)11(17)5-1-2-6-11/h7,17H,1-6H2,(H,12,16)(H,13,14,15). The summed E-state index contributed by atoms with van der Waals surface area (Å²) in [5.41, 5.74) is -1.33. The summed E-state index contributed by atoms with van der Waals surface area (Å²) in [7, 11) is 0. The Morgan fingerprint density at radius 1 is 1.35 bits per heavy atom. The lowest BCUT2D eigenvalue weighted by atomic mass is 9.99. The summed E-state index contributed by atoms with van der Waals surface area (Å²) >= 11 is 0. The fraction of sp³-hybridized carbons (Fsp3) is 0.727. The van der Waals surface area contributed by atoms with Gasteiger partial charge in [0.2, 0.25) is 11.8 Å². The maximum atomic E-state index is 11.8. The smallest absolute Gasteiger partial charge is 0.252 e. The Labute approximate surface area is 98.8 Å². The van der Waals surface area contributed by atoms with E-state index in [0.29, 0.717) is 19.3 Å². The maximum absolute atomic E-state index is 11.8. The number of piperidine rings is 1. The van der Waals surface area contributed by atoms with Crippen molar-refractivity contribution in [1.29, 1.82) is 0 Å². The molecule has 1 saturated carbocycles. The number of hydrogen-bond acceptors (Lipinski definition) is 4. The van der Waals surface area contributed by atoms with Gasteiger partial charge in [0.15, 0.2) is 0 Å². The Balaban J connectivity index is 1.94. The Kier molecular flexibility index (Phi) is 3.15. The fourth-order valence-corrected chi connectivity index (χ4v) is 2.31. The number of rotatable bonds is 2. The van der Waals surface area contributed by atoms with Gasteiger partial charge in [-0.2, -0.15) is 0 Å². The van der Waals surface area contributed by atoms with Crippen LogP contribution in [0.15, 0.2) is 0 Å². The van der Waals surface area contributed by atoms with E-state index in [0.717, 1.165) is 12.8 Å². The van der Waals surface area contributed by atoms with Crippen molar-refractivity contribution in [3.63, 3.8) is 0 Å². The van der Waals surface area contributed by atoms with Crippen LogP contribution >= 0.6 is 0 Å². The van der Waals surface area contributed by atoms with E-state index >= 15 is 0 Å². The second kappa shape index (κ2) is 4.44. The molecular formula is C11H16N2O4. The predicted molar refractivity (Wildman–Crippen MR) is 57.7 cm³/mol. The van der Waals surface area contributed by atoms with Crippen molar-refractivity contribution < 1.29 is 19.5 Å². The number of hydrogen-bond donors (Lipinski definition) is 3. The average molecular weight is 240 g/mol. The zero-order chi connectivity index (χ0) is 12.5. The van der Waals surface area contributed by atoms with Crippen LogP contribution in [0, 0.1) is 0 Å². The Morgan fingerprint density at radius 2 is 2.00 bits per heavy atom. The molecule has 2 aliphatic rings. The molecule has 6 heteroatoms. The van der Waals surface area contributed by atoms with Gasteiger partial charge in [-0.25, -0.2) is 0 Å². The van der Waals surface area contributed by atoms with Gasteiger partial charge in [-0.3, -0.25) is 19.7 Å². The summed E-state index contributed by atoms with van der Waals surface area (Å²) in [6.45, 7) is 0. The summed E-state index contributed by atoms with van der Waals surface area (Å²) in [6, 6.07) is -0.704. The van der Waals surface area contributed by atoms with Gasteiger partial charge in [-0.1, -0.05) is 0 Å². The number of imide groups is 1. The molecule has 0 aromatic rings. The molecule has 1 heterocycles. The van der Waals surface area contributed by atoms with Gasteiger partial charge in [0.05, 0.1) is 0 Å². The number of nitrogens with one attached hydrogen (secondary N) is 2. The van der Waals surface area contributed by atoms with Crippen LogP contribution in [0.2, 0.25) is 0 Å². The fourth-order valence-electron chi connectivity index (χ4n) is 2.31. The van der Waals surface area contributed by atoms with E-state index in [9.17, 15) is 19.5 Å². The van der Waals surface area contributed by atoms with Crippen molar-refractivity contribution in [2.24, 2.45) is 0 Å². The quantitative estimate of drug-likeness (QED) is 0.551. The van der Waals surface area contributed by atoms with Crippen LogP contribution in [-0.2, 0) is 14.4 Å². The Hall–Kier alpha value is -1.43. The zero-order valence-electron chi connectivity index (χ0n) is 9.49. The van der Waals surface area contributed by atoms with Crippen LogP contribution < -0.4 is 10.6 Å². The van der Waals surface area contributed by atoms with Crippen LogP contribution in [0.3, 0.4) is 0 Å². The first-order valence-electron chi connectivity index (χ1n) is 5.88. The molecule has 0 aromatic heterocycles. The molecule has 0 radical (unpaired) electrons. The summed E-state index contributed by atoms with van der Waals surface area (Å²) in [5.74, 6) is -1.30. The van der Waals surface area contributed by atoms with Crippen molar-refractivity contribution in [3.8, 4) is 0 Å². The lowest BCUT2D eigenvalue weighted by Crippen LogP contribution is -2.56. The normalized spacial score (nSPS) is 27.7. The van der Waals surface area contributed by atoms with E-state index in [2.05, 4.69) is 10.6 Å². The van der Waals surface area contributed by atoms with E-state index in [1.54, 1.807) is 0 Å². The number of carbonyl (C=O) groups is 3. The van der Waals surface area contributed by atoms with Gasteiger partial charge in [-0.15, -0.1) is 0 Å². The highest BCUT2D eigenvalue weighted by Crippen LogP contribution is 2.29. The summed E-state index contributed by atoms with van der Waals surface area (Å²) in [5, 5.41) is 14.7. The molecule has 1 atom stereocenters. The molecule has 0 aromatic carbocycles. The van der Waals surface area contributed by atoms with Gasteiger partial charge >= 0.3 is 0 Å². The minimum Gasteiger partial charge on any atom is -0.380 e. The molecule has 3 N–H and O–H groups in total. The molecular weight excluding hydrogens is 224 g/mol. The first-order chi connectivity index (χ1) is 8.01. The van der Waals surface area contributed by atoms with Gasteiger partial charge in [-0.05, 0) is 32.1 Å². The molecule has 2 rings (SSSR count). The first-order valence-corrected chi connectivity index (χ1v) is 5.88. The monoisotopic (exact) mass is 240 g/mol. The van der Waals surface area contributed by atoms with E-state index in [1.165, 1.54) is 0 Å². The summed E-state index contributed by atoms with van der Waals surface area (Å²) in [4.78, 5) is 34.2. The average Bonchev–Trinajstić information content (AvgIpc) is 2.71. The number of amides is 3. The van der Waals surface area contributed by atoms with Crippen LogP contribution in [-0.4, -0.2) is 34.5 Å². The molecule has 6 nitrogen and oxygen atoms in total. The van der Waals surface area contributed by atoms with Crippen LogP contribution in [0.5, 0.6) is 0 Å². The van der Waals surface area contributed by atoms with Crippen LogP contribution in [0.25, 0.3) is 0 Å². The van der Waals surface area contributed by atoms with Crippen molar-refractivity contribution in [1.82, 2.24) is 10.6 Å². The molecule has 1 aliphatic carbocycles. The molecule has 2 fully saturated rings. The third-order valence-electron chi connectivity index (χ3n) is 3.40. The second-order valence-corrected chi connectivity index (χ2v) is 4.72. The molecule has 1 saturated heterocycles. The number of aliphatic hydroxyl groups is 1. The third kappa shape index (κ3) is 2.46. The van der Waals surface area contributed by atoms with E-state index in [-0.39, 0.29) is 12.3 Å². The van der Waals surface area contributed by atoms with Crippen molar-refractivity contribution in [2.75, 3.05) is 0 Å². The van der Waals surface area contributed by atoms with Crippen LogP contribution in [0.1, 0.15) is 38.5 Å². The third-order valence-corrected chi connectivity index (χ3v) is 3.40. The van der Waals surface area contributed by atoms with E-state index in [4.69, 9.17) is 0 Å². The lowest BCUT2D eigenvalue weighted by molar-refractivity contribution is -0.144. The highest BCUT2D eigenvalue weighted by molar-refractivity contribution is 6.02. The van der Waals surface area contributed by atoms with Gasteiger partial charge in [0.25, 0.3) is 5.91 Å². The molecule has 1 unspecified atom stereocenters.